The van der Waals surface area contributed by atoms with Crippen molar-refractivity contribution in [3.05, 3.63) is 0 Å². The first-order chi connectivity index (χ1) is 8.36. The molecule has 104 valence electrons. The summed E-state index contributed by atoms with van der Waals surface area (Å²) in [7, 11) is 0. The SMILES string of the molecule is CC(C)(C)OC(=O)N1CCC2(CCC2CBr)CC1. The van der Waals surface area contributed by atoms with E-state index in [0.717, 1.165) is 37.2 Å². The van der Waals surface area contributed by atoms with E-state index in [2.05, 4.69) is 15.9 Å². The Bertz CT molecular complexity index is 314. The van der Waals surface area contributed by atoms with E-state index in [9.17, 15) is 4.79 Å². The third kappa shape index (κ3) is 2.84. The van der Waals surface area contributed by atoms with Gasteiger partial charge in [0.15, 0.2) is 0 Å². The van der Waals surface area contributed by atoms with Gasteiger partial charge in [-0.05, 0) is 57.8 Å². The Labute approximate surface area is 118 Å². The molecule has 0 bridgehead atoms. The molecule has 0 N–H and O–H groups in total. The highest BCUT2D eigenvalue weighted by Gasteiger charge is 2.48. The van der Waals surface area contributed by atoms with Crippen molar-refractivity contribution < 1.29 is 9.53 Å². The van der Waals surface area contributed by atoms with Gasteiger partial charge in [0.25, 0.3) is 0 Å². The van der Waals surface area contributed by atoms with Crippen LogP contribution in [0.5, 0.6) is 0 Å². The monoisotopic (exact) mass is 317 g/mol. The molecule has 1 atom stereocenters. The number of carbonyl (C=O) groups is 1. The molecule has 4 heteroatoms. The van der Waals surface area contributed by atoms with E-state index in [1.807, 2.05) is 25.7 Å². The maximum absolute atomic E-state index is 12.0. The molecule has 0 radical (unpaired) electrons. The summed E-state index contributed by atoms with van der Waals surface area (Å²) in [5.74, 6) is 0.818. The number of nitrogens with zero attached hydrogens (tertiary/aromatic N) is 1. The highest BCUT2D eigenvalue weighted by atomic mass is 79.9. The van der Waals surface area contributed by atoms with Gasteiger partial charge < -0.3 is 9.64 Å². The van der Waals surface area contributed by atoms with Gasteiger partial charge in [0.05, 0.1) is 0 Å². The number of likely N-dealkylation sites (tertiary alicyclic amines) is 1. The van der Waals surface area contributed by atoms with Crippen molar-refractivity contribution in [2.45, 2.75) is 52.1 Å². The average Bonchev–Trinajstić information content (AvgIpc) is 2.26. The molecule has 2 fully saturated rings. The van der Waals surface area contributed by atoms with E-state index >= 15 is 0 Å². The lowest BCUT2D eigenvalue weighted by atomic mass is 9.56. The molecule has 2 aliphatic rings. The molecule has 2 rings (SSSR count). The summed E-state index contributed by atoms with van der Waals surface area (Å²) in [5, 5.41) is 1.11. The Kier molecular flexibility index (Phi) is 3.96. The van der Waals surface area contributed by atoms with Crippen LogP contribution in [0.25, 0.3) is 0 Å². The first-order valence-electron chi connectivity index (χ1n) is 6.90. The quantitative estimate of drug-likeness (QED) is 0.688. The van der Waals surface area contributed by atoms with E-state index in [1.165, 1.54) is 12.8 Å². The fraction of sp³-hybridized carbons (Fsp3) is 0.929. The molecule has 1 amide bonds. The molecule has 18 heavy (non-hydrogen) atoms. The third-order valence-corrected chi connectivity index (χ3v) is 5.24. The van der Waals surface area contributed by atoms with Gasteiger partial charge in [-0.2, -0.15) is 0 Å². The highest BCUT2D eigenvalue weighted by molar-refractivity contribution is 9.09. The fourth-order valence-electron chi connectivity index (χ4n) is 3.12. The molecule has 3 nitrogen and oxygen atoms in total. The Hall–Kier alpha value is -0.250. The Balaban J connectivity index is 1.85. The predicted octanol–water partition coefficient (Wildman–Crippen LogP) is 3.81. The van der Waals surface area contributed by atoms with E-state index in [4.69, 9.17) is 4.74 Å². The minimum atomic E-state index is -0.388. The van der Waals surface area contributed by atoms with Gasteiger partial charge in [-0.25, -0.2) is 4.79 Å². The Morgan fingerprint density at radius 1 is 1.33 bits per heavy atom. The van der Waals surface area contributed by atoms with Crippen molar-refractivity contribution in [1.29, 1.82) is 0 Å². The first-order valence-corrected chi connectivity index (χ1v) is 8.02. The van der Waals surface area contributed by atoms with Gasteiger partial charge in [0, 0.05) is 18.4 Å². The van der Waals surface area contributed by atoms with Crippen LogP contribution >= 0.6 is 15.9 Å². The lowest BCUT2D eigenvalue weighted by Crippen LogP contribution is -2.51. The number of hydrogen-bond donors (Lipinski definition) is 0. The van der Waals surface area contributed by atoms with Crippen molar-refractivity contribution in [3.8, 4) is 0 Å². The maximum Gasteiger partial charge on any atom is 0.410 e. The van der Waals surface area contributed by atoms with Crippen molar-refractivity contribution >= 4 is 22.0 Å². The molecule has 0 aromatic rings. The number of rotatable bonds is 1. The molecule has 1 saturated carbocycles. The zero-order chi connectivity index (χ0) is 13.4. The van der Waals surface area contributed by atoms with Gasteiger partial charge in [-0.15, -0.1) is 0 Å². The summed E-state index contributed by atoms with van der Waals surface area (Å²) in [6.45, 7) is 7.48. The van der Waals surface area contributed by atoms with E-state index in [0.29, 0.717) is 5.41 Å². The summed E-state index contributed by atoms with van der Waals surface area (Å²) in [6.07, 6.45) is 4.82. The van der Waals surface area contributed by atoms with Gasteiger partial charge in [-0.3, -0.25) is 0 Å². The smallest absolute Gasteiger partial charge is 0.410 e. The predicted molar refractivity (Wildman–Crippen MR) is 76.0 cm³/mol. The van der Waals surface area contributed by atoms with E-state index in [1.54, 1.807) is 0 Å². The second kappa shape index (κ2) is 5.03. The van der Waals surface area contributed by atoms with Gasteiger partial charge >= 0.3 is 6.09 Å². The second-order valence-corrected chi connectivity index (χ2v) is 7.37. The Morgan fingerprint density at radius 2 is 1.94 bits per heavy atom. The normalized spacial score (nSPS) is 26.9. The molecule has 1 spiro atoms. The van der Waals surface area contributed by atoms with Gasteiger partial charge in [0.2, 0.25) is 0 Å². The van der Waals surface area contributed by atoms with E-state index < -0.39 is 0 Å². The van der Waals surface area contributed by atoms with Crippen LogP contribution in [-0.2, 0) is 4.74 Å². The summed E-state index contributed by atoms with van der Waals surface area (Å²) in [4.78, 5) is 13.9. The molecule has 0 aromatic carbocycles. The van der Waals surface area contributed by atoms with Gasteiger partial charge in [-0.1, -0.05) is 15.9 Å². The molecular formula is C14H24BrNO2. The lowest BCUT2D eigenvalue weighted by molar-refractivity contribution is -0.0330. The minimum Gasteiger partial charge on any atom is -0.444 e. The van der Waals surface area contributed by atoms with Crippen LogP contribution in [0.1, 0.15) is 46.5 Å². The number of alkyl halides is 1. The van der Waals surface area contributed by atoms with Crippen LogP contribution in [0.4, 0.5) is 4.79 Å². The molecule has 1 unspecified atom stereocenters. The van der Waals surface area contributed by atoms with Crippen LogP contribution in [0.15, 0.2) is 0 Å². The summed E-state index contributed by atoms with van der Waals surface area (Å²) < 4.78 is 5.43. The largest absolute Gasteiger partial charge is 0.444 e. The van der Waals surface area contributed by atoms with Crippen LogP contribution in [0.3, 0.4) is 0 Å². The Morgan fingerprint density at radius 3 is 2.33 bits per heavy atom. The van der Waals surface area contributed by atoms with Crippen LogP contribution in [0.2, 0.25) is 0 Å². The molecule has 1 heterocycles. The van der Waals surface area contributed by atoms with Crippen LogP contribution in [0, 0.1) is 11.3 Å². The molecule has 1 aliphatic heterocycles. The second-order valence-electron chi connectivity index (χ2n) is 6.72. The van der Waals surface area contributed by atoms with Crippen molar-refractivity contribution in [2.75, 3.05) is 18.4 Å². The van der Waals surface area contributed by atoms with Crippen molar-refractivity contribution in [2.24, 2.45) is 11.3 Å². The van der Waals surface area contributed by atoms with Crippen molar-refractivity contribution in [3.63, 3.8) is 0 Å². The zero-order valence-corrected chi connectivity index (χ0v) is 13.3. The average molecular weight is 318 g/mol. The standard InChI is InChI=1S/C14H24BrNO2/c1-13(2,3)18-12(17)16-8-6-14(7-9-16)5-4-11(14)10-15/h11H,4-10H2,1-3H3. The van der Waals surface area contributed by atoms with Crippen molar-refractivity contribution in [1.82, 2.24) is 4.90 Å². The first kappa shape index (κ1) is 14.2. The number of halogens is 1. The molecule has 1 aliphatic carbocycles. The molecule has 1 saturated heterocycles. The fourth-order valence-corrected chi connectivity index (χ4v) is 4.13. The molecular weight excluding hydrogens is 294 g/mol. The number of ether oxygens (including phenoxy) is 1. The highest BCUT2D eigenvalue weighted by Crippen LogP contribution is 2.54. The van der Waals surface area contributed by atoms with Crippen LogP contribution in [-0.4, -0.2) is 35.0 Å². The topological polar surface area (TPSA) is 29.5 Å². The molecule has 0 aromatic heterocycles. The third-order valence-electron chi connectivity index (χ3n) is 4.45. The number of carbonyl (C=O) groups excluding carboxylic acids is 1. The maximum atomic E-state index is 12.0. The van der Waals surface area contributed by atoms with E-state index in [-0.39, 0.29) is 11.7 Å². The summed E-state index contributed by atoms with van der Waals surface area (Å²) >= 11 is 3.62. The number of piperidine rings is 1. The number of hydrogen-bond acceptors (Lipinski definition) is 2. The summed E-state index contributed by atoms with van der Waals surface area (Å²) in [6, 6.07) is 0. The summed E-state index contributed by atoms with van der Waals surface area (Å²) in [5.41, 5.74) is 0.128. The minimum absolute atomic E-state index is 0.146. The lowest BCUT2D eigenvalue weighted by Gasteiger charge is -2.53. The van der Waals surface area contributed by atoms with Gasteiger partial charge in [0.1, 0.15) is 5.60 Å². The number of amides is 1. The zero-order valence-electron chi connectivity index (χ0n) is 11.7. The van der Waals surface area contributed by atoms with Crippen LogP contribution < -0.4 is 0 Å².